The summed E-state index contributed by atoms with van der Waals surface area (Å²) < 4.78 is 27.0. The first kappa shape index (κ1) is 15.1. The summed E-state index contributed by atoms with van der Waals surface area (Å²) in [7, 11) is -3.66. The molecular formula is C12H16Cl2N2O2S. The standard InChI is InChI=1S/C12H16Cl2N2O2S/c13-10-2-1-3-11(14)12(10)19(17,18)16-8-9-4-6-15-7-5-9/h1-3,9,15-16H,4-8H2. The van der Waals surface area contributed by atoms with E-state index in [1.165, 1.54) is 12.1 Å². The summed E-state index contributed by atoms with van der Waals surface area (Å²) in [6.45, 7) is 2.28. The second-order valence-corrected chi connectivity index (χ2v) is 7.11. The van der Waals surface area contributed by atoms with Crippen LogP contribution >= 0.6 is 23.2 Å². The van der Waals surface area contributed by atoms with Crippen LogP contribution in [-0.2, 0) is 10.0 Å². The molecule has 4 nitrogen and oxygen atoms in total. The van der Waals surface area contributed by atoms with E-state index >= 15 is 0 Å². The first-order valence-corrected chi connectivity index (χ1v) is 8.39. The highest BCUT2D eigenvalue weighted by molar-refractivity contribution is 7.89. The number of benzene rings is 1. The van der Waals surface area contributed by atoms with Gasteiger partial charge in [0.2, 0.25) is 10.0 Å². The largest absolute Gasteiger partial charge is 0.317 e. The molecule has 0 saturated carbocycles. The van der Waals surface area contributed by atoms with E-state index < -0.39 is 10.0 Å². The van der Waals surface area contributed by atoms with Crippen molar-refractivity contribution >= 4 is 33.2 Å². The van der Waals surface area contributed by atoms with E-state index in [0.29, 0.717) is 12.5 Å². The van der Waals surface area contributed by atoms with Gasteiger partial charge in [-0.2, -0.15) is 0 Å². The van der Waals surface area contributed by atoms with Crippen molar-refractivity contribution in [3.63, 3.8) is 0 Å². The molecule has 1 aliphatic heterocycles. The molecule has 1 saturated heterocycles. The Morgan fingerprint density at radius 1 is 1.21 bits per heavy atom. The quantitative estimate of drug-likeness (QED) is 0.894. The normalized spacial score (nSPS) is 17.6. The molecule has 0 aliphatic carbocycles. The van der Waals surface area contributed by atoms with Crippen molar-refractivity contribution in [2.24, 2.45) is 5.92 Å². The van der Waals surface area contributed by atoms with Gasteiger partial charge in [0, 0.05) is 6.54 Å². The maximum Gasteiger partial charge on any atom is 0.243 e. The number of hydrogen-bond donors (Lipinski definition) is 2. The summed E-state index contributed by atoms with van der Waals surface area (Å²) in [4.78, 5) is -0.0349. The van der Waals surface area contributed by atoms with E-state index in [4.69, 9.17) is 23.2 Å². The average molecular weight is 323 g/mol. The lowest BCUT2D eigenvalue weighted by atomic mass is 9.99. The zero-order chi connectivity index (χ0) is 13.9. The fourth-order valence-electron chi connectivity index (χ4n) is 2.12. The van der Waals surface area contributed by atoms with Crippen LogP contribution in [0.5, 0.6) is 0 Å². The van der Waals surface area contributed by atoms with Crippen LogP contribution in [0.4, 0.5) is 0 Å². The maximum atomic E-state index is 12.2. The van der Waals surface area contributed by atoms with Crippen LogP contribution in [0.15, 0.2) is 23.1 Å². The third-order valence-electron chi connectivity index (χ3n) is 3.21. The van der Waals surface area contributed by atoms with Crippen LogP contribution in [0.3, 0.4) is 0 Å². The fourth-order valence-corrected chi connectivity index (χ4v) is 4.38. The molecule has 0 radical (unpaired) electrons. The lowest BCUT2D eigenvalue weighted by molar-refractivity contribution is 0.372. The molecule has 106 valence electrons. The molecule has 0 unspecified atom stereocenters. The zero-order valence-corrected chi connectivity index (χ0v) is 12.7. The zero-order valence-electron chi connectivity index (χ0n) is 10.3. The summed E-state index contributed by atoms with van der Waals surface area (Å²) in [5.74, 6) is 0.359. The summed E-state index contributed by atoms with van der Waals surface area (Å²) in [5, 5.41) is 3.53. The monoisotopic (exact) mass is 322 g/mol. The van der Waals surface area contributed by atoms with Crippen LogP contribution in [0.2, 0.25) is 10.0 Å². The van der Waals surface area contributed by atoms with E-state index in [2.05, 4.69) is 10.0 Å². The second kappa shape index (κ2) is 6.41. The Labute approximate surface area is 123 Å². The molecule has 19 heavy (non-hydrogen) atoms. The number of rotatable bonds is 4. The van der Waals surface area contributed by atoms with Crippen LogP contribution in [0, 0.1) is 5.92 Å². The van der Waals surface area contributed by atoms with Crippen LogP contribution < -0.4 is 10.0 Å². The molecule has 1 fully saturated rings. The third kappa shape index (κ3) is 3.83. The number of piperidine rings is 1. The van der Waals surface area contributed by atoms with Crippen molar-refractivity contribution in [1.29, 1.82) is 0 Å². The van der Waals surface area contributed by atoms with Gasteiger partial charge in [-0.25, -0.2) is 13.1 Å². The molecular weight excluding hydrogens is 307 g/mol. The number of nitrogens with one attached hydrogen (secondary N) is 2. The topological polar surface area (TPSA) is 58.2 Å². The minimum atomic E-state index is -3.66. The van der Waals surface area contributed by atoms with Crippen molar-refractivity contribution in [3.8, 4) is 0 Å². The highest BCUT2D eigenvalue weighted by atomic mass is 35.5. The molecule has 0 amide bonds. The van der Waals surface area contributed by atoms with Gasteiger partial charge in [0.05, 0.1) is 10.0 Å². The Bertz CT molecular complexity index is 522. The van der Waals surface area contributed by atoms with E-state index in [1.54, 1.807) is 6.07 Å². The minimum Gasteiger partial charge on any atom is -0.317 e. The molecule has 1 aromatic rings. The Morgan fingerprint density at radius 3 is 2.37 bits per heavy atom. The lowest BCUT2D eigenvalue weighted by Crippen LogP contribution is -2.36. The Balaban J connectivity index is 2.09. The van der Waals surface area contributed by atoms with Gasteiger partial charge >= 0.3 is 0 Å². The van der Waals surface area contributed by atoms with E-state index in [1.807, 2.05) is 0 Å². The van der Waals surface area contributed by atoms with E-state index in [-0.39, 0.29) is 14.9 Å². The number of hydrogen-bond acceptors (Lipinski definition) is 3. The van der Waals surface area contributed by atoms with Crippen LogP contribution in [0.1, 0.15) is 12.8 Å². The number of sulfonamides is 1. The predicted molar refractivity (Wildman–Crippen MR) is 77.2 cm³/mol. The highest BCUT2D eigenvalue weighted by Gasteiger charge is 2.23. The van der Waals surface area contributed by atoms with Gasteiger partial charge in [-0.05, 0) is 44.0 Å². The lowest BCUT2D eigenvalue weighted by Gasteiger charge is -2.22. The Morgan fingerprint density at radius 2 is 1.79 bits per heavy atom. The van der Waals surface area contributed by atoms with Crippen molar-refractivity contribution in [1.82, 2.24) is 10.0 Å². The predicted octanol–water partition coefficient (Wildman–Crippen LogP) is 2.27. The molecule has 7 heteroatoms. The molecule has 0 aromatic heterocycles. The Kier molecular flexibility index (Phi) is 5.09. The summed E-state index contributed by atoms with van der Waals surface area (Å²) in [6, 6.07) is 4.66. The number of halogens is 2. The van der Waals surface area contributed by atoms with E-state index in [0.717, 1.165) is 25.9 Å². The molecule has 0 spiro atoms. The third-order valence-corrected chi connectivity index (χ3v) is 5.59. The van der Waals surface area contributed by atoms with Gasteiger partial charge < -0.3 is 5.32 Å². The second-order valence-electron chi connectivity index (χ2n) is 4.60. The molecule has 0 atom stereocenters. The van der Waals surface area contributed by atoms with Crippen molar-refractivity contribution in [2.75, 3.05) is 19.6 Å². The first-order chi connectivity index (χ1) is 9.00. The van der Waals surface area contributed by atoms with Gasteiger partial charge in [-0.1, -0.05) is 29.3 Å². The van der Waals surface area contributed by atoms with Crippen molar-refractivity contribution < 1.29 is 8.42 Å². The van der Waals surface area contributed by atoms with Gasteiger partial charge in [0.25, 0.3) is 0 Å². The van der Waals surface area contributed by atoms with Gasteiger partial charge in [-0.3, -0.25) is 0 Å². The summed E-state index contributed by atoms with van der Waals surface area (Å²) in [5.41, 5.74) is 0. The summed E-state index contributed by atoms with van der Waals surface area (Å²) >= 11 is 11.8. The smallest absolute Gasteiger partial charge is 0.243 e. The van der Waals surface area contributed by atoms with Crippen molar-refractivity contribution in [2.45, 2.75) is 17.7 Å². The SMILES string of the molecule is O=S(=O)(NCC1CCNCC1)c1c(Cl)cccc1Cl. The van der Waals surface area contributed by atoms with Crippen LogP contribution in [0.25, 0.3) is 0 Å². The maximum absolute atomic E-state index is 12.2. The average Bonchev–Trinajstić information content (AvgIpc) is 2.37. The fraction of sp³-hybridized carbons (Fsp3) is 0.500. The molecule has 2 N–H and O–H groups in total. The molecule has 2 rings (SSSR count). The van der Waals surface area contributed by atoms with Gasteiger partial charge in [0.15, 0.2) is 0 Å². The molecule has 1 aromatic carbocycles. The molecule has 1 heterocycles. The van der Waals surface area contributed by atoms with Crippen LogP contribution in [-0.4, -0.2) is 28.1 Å². The molecule has 1 aliphatic rings. The summed E-state index contributed by atoms with van der Waals surface area (Å²) in [6.07, 6.45) is 1.94. The first-order valence-electron chi connectivity index (χ1n) is 6.15. The van der Waals surface area contributed by atoms with E-state index in [9.17, 15) is 8.42 Å². The minimum absolute atomic E-state index is 0.0349. The highest BCUT2D eigenvalue weighted by Crippen LogP contribution is 2.28. The van der Waals surface area contributed by atoms with Gasteiger partial charge in [-0.15, -0.1) is 0 Å². The van der Waals surface area contributed by atoms with Crippen molar-refractivity contribution in [3.05, 3.63) is 28.2 Å². The Hall–Kier alpha value is -0.330. The van der Waals surface area contributed by atoms with Gasteiger partial charge in [0.1, 0.15) is 4.90 Å². The molecule has 0 bridgehead atoms.